The number of fused-ring (bicyclic) bond motifs is 5. The molecule has 4 aliphatic carbocycles. The van der Waals surface area contributed by atoms with Gasteiger partial charge in [0.15, 0.2) is 11.5 Å². The summed E-state index contributed by atoms with van der Waals surface area (Å²) in [6, 6.07) is 0. The third-order valence-electron chi connectivity index (χ3n) is 11.2. The van der Waals surface area contributed by atoms with Crippen LogP contribution in [-0.2, 0) is 23.9 Å². The molecule has 8 heteroatoms. The number of hydrogen-bond acceptors (Lipinski definition) is 8. The number of ketones is 3. The van der Waals surface area contributed by atoms with Crippen LogP contribution < -0.4 is 0 Å². The Hall–Kier alpha value is -2.58. The maximum Gasteiger partial charge on any atom is 0.303 e. The number of carbonyl (C=O) groups excluding carboxylic acids is 4. The maximum atomic E-state index is 14.3. The number of Topliss-reactive ketones (excluding diaryl/α,β-unsaturated/α-hetero) is 2. The Labute approximate surface area is 236 Å². The summed E-state index contributed by atoms with van der Waals surface area (Å²) in [5.74, 6) is -3.61. The molecule has 4 aliphatic rings. The van der Waals surface area contributed by atoms with Crippen LogP contribution in [0.5, 0.6) is 0 Å². The molecular weight excluding hydrogens is 512 g/mol. The van der Waals surface area contributed by atoms with Gasteiger partial charge in [-0.15, -0.1) is 0 Å². The molecular formula is C32H44O8. The van der Waals surface area contributed by atoms with Gasteiger partial charge in [-0.3, -0.25) is 19.2 Å². The second-order valence-electron chi connectivity index (χ2n) is 14.4. The molecule has 0 bridgehead atoms. The largest absolute Gasteiger partial charge is 0.505 e. The van der Waals surface area contributed by atoms with Crippen LogP contribution in [0.25, 0.3) is 0 Å². The van der Waals surface area contributed by atoms with Crippen molar-refractivity contribution in [3.05, 3.63) is 35.6 Å². The fraction of sp³-hybridized carbons (Fsp3) is 0.688. The van der Waals surface area contributed by atoms with Crippen molar-refractivity contribution in [2.45, 2.75) is 98.9 Å². The summed E-state index contributed by atoms with van der Waals surface area (Å²) in [6.07, 6.45) is 5.89. The Bertz CT molecular complexity index is 1270. The molecule has 0 radical (unpaired) electrons. The van der Waals surface area contributed by atoms with Crippen molar-refractivity contribution in [3.8, 4) is 0 Å². The Balaban J connectivity index is 1.76. The molecule has 0 aromatic heterocycles. The van der Waals surface area contributed by atoms with Gasteiger partial charge >= 0.3 is 5.97 Å². The molecule has 2 fully saturated rings. The molecule has 0 aromatic rings. The van der Waals surface area contributed by atoms with Gasteiger partial charge in [-0.05, 0) is 82.4 Å². The van der Waals surface area contributed by atoms with Crippen LogP contribution in [0.2, 0.25) is 0 Å². The minimum absolute atomic E-state index is 0.0249. The summed E-state index contributed by atoms with van der Waals surface area (Å²) in [7, 11) is 0. The first kappa shape index (κ1) is 30.4. The lowest BCUT2D eigenvalue weighted by Crippen LogP contribution is -2.64. The predicted octanol–water partition coefficient (Wildman–Crippen LogP) is 4.19. The lowest BCUT2D eigenvalue weighted by atomic mass is 9.39. The number of aliphatic hydroxyl groups excluding tert-OH is 2. The smallest absolute Gasteiger partial charge is 0.303 e. The van der Waals surface area contributed by atoms with E-state index in [0.717, 1.165) is 5.57 Å². The van der Waals surface area contributed by atoms with Gasteiger partial charge in [0.2, 0.25) is 5.78 Å². The molecule has 2 saturated carbocycles. The number of aliphatic hydroxyl groups is 3. The number of hydrogen-bond donors (Lipinski definition) is 3. The molecule has 0 heterocycles. The Morgan fingerprint density at radius 1 is 1.07 bits per heavy atom. The average molecular weight is 557 g/mol. The number of allylic oxidation sites excluding steroid dienone is 4. The third-order valence-corrected chi connectivity index (χ3v) is 11.2. The van der Waals surface area contributed by atoms with Gasteiger partial charge in [0.25, 0.3) is 0 Å². The lowest BCUT2D eigenvalue weighted by Gasteiger charge is -2.63. The second-order valence-corrected chi connectivity index (χ2v) is 14.4. The number of carbonyl (C=O) groups is 4. The van der Waals surface area contributed by atoms with Crippen molar-refractivity contribution >= 4 is 23.3 Å². The quantitative estimate of drug-likeness (QED) is 0.260. The molecule has 8 nitrogen and oxygen atoms in total. The lowest BCUT2D eigenvalue weighted by molar-refractivity contribution is -0.179. The molecule has 220 valence electrons. The van der Waals surface area contributed by atoms with Crippen molar-refractivity contribution in [2.75, 3.05) is 0 Å². The molecule has 8 atom stereocenters. The van der Waals surface area contributed by atoms with Gasteiger partial charge in [0.1, 0.15) is 17.0 Å². The zero-order valence-electron chi connectivity index (χ0n) is 25.1. The highest BCUT2D eigenvalue weighted by Gasteiger charge is 2.74. The summed E-state index contributed by atoms with van der Waals surface area (Å²) in [4.78, 5) is 52.0. The van der Waals surface area contributed by atoms with Crippen LogP contribution in [0.15, 0.2) is 35.6 Å². The van der Waals surface area contributed by atoms with E-state index in [0.29, 0.717) is 6.42 Å². The SMILES string of the molecule is CC(=O)OC(C)(C)/C=C/C(=O)[C@@](C)(O)[C@H]1[C@H](O)C[C@]2(C)[C@H]3CC=C4[C@H](C=C(O)C(=O)C4(C)C)[C@@]3(C)C(=O)C[C@]12C. The molecule has 4 rings (SSSR count). The highest BCUT2D eigenvalue weighted by atomic mass is 16.6. The standard InChI is InChI=1S/C32H44O8/c1-17(33)40-27(2,3)13-12-23(36)32(9,39)25-21(35)15-29(6)22-11-10-18-19(14-20(34)26(38)28(18,4)5)31(22,8)24(37)16-30(25,29)7/h10,12-14,19,21-22,25,34-35,39H,11,15-16H2,1-9H3/b13-12+/t19-,21+,22+,25-,29+,30+,31+,32+/m0/s1. The van der Waals surface area contributed by atoms with Crippen LogP contribution in [0.4, 0.5) is 0 Å². The maximum absolute atomic E-state index is 14.3. The topological polar surface area (TPSA) is 138 Å². The molecule has 40 heavy (non-hydrogen) atoms. The van der Waals surface area contributed by atoms with Crippen molar-refractivity contribution in [2.24, 2.45) is 39.4 Å². The normalized spacial score (nSPS) is 40.4. The highest BCUT2D eigenvalue weighted by Crippen LogP contribution is 2.73. The minimum atomic E-state index is -2.00. The van der Waals surface area contributed by atoms with E-state index < -0.39 is 62.6 Å². The summed E-state index contributed by atoms with van der Waals surface area (Å²) >= 11 is 0. The van der Waals surface area contributed by atoms with E-state index in [1.165, 1.54) is 32.1 Å². The van der Waals surface area contributed by atoms with Crippen LogP contribution in [0.1, 0.15) is 81.6 Å². The fourth-order valence-electron chi connectivity index (χ4n) is 8.98. The van der Waals surface area contributed by atoms with Gasteiger partial charge in [0.05, 0.1) is 11.5 Å². The van der Waals surface area contributed by atoms with Crippen molar-refractivity contribution in [3.63, 3.8) is 0 Å². The Morgan fingerprint density at radius 3 is 2.25 bits per heavy atom. The first-order valence-corrected chi connectivity index (χ1v) is 14.1. The zero-order chi connectivity index (χ0) is 30.4. The summed E-state index contributed by atoms with van der Waals surface area (Å²) in [6.45, 7) is 15.3. The molecule has 0 saturated heterocycles. The molecule has 0 unspecified atom stereocenters. The van der Waals surface area contributed by atoms with Crippen LogP contribution in [-0.4, -0.2) is 55.9 Å². The summed E-state index contributed by atoms with van der Waals surface area (Å²) in [5.41, 5.74) is -5.72. The van der Waals surface area contributed by atoms with E-state index in [2.05, 4.69) is 0 Å². The minimum Gasteiger partial charge on any atom is -0.505 e. The average Bonchev–Trinajstić information content (AvgIpc) is 3.01. The van der Waals surface area contributed by atoms with Crippen molar-refractivity contribution in [1.82, 2.24) is 0 Å². The highest BCUT2D eigenvalue weighted by molar-refractivity contribution is 6.02. The zero-order valence-corrected chi connectivity index (χ0v) is 25.1. The van der Waals surface area contributed by atoms with E-state index in [9.17, 15) is 34.5 Å². The molecule has 3 N–H and O–H groups in total. The van der Waals surface area contributed by atoms with Crippen molar-refractivity contribution < 1.29 is 39.2 Å². The summed E-state index contributed by atoms with van der Waals surface area (Å²) < 4.78 is 5.22. The fourth-order valence-corrected chi connectivity index (χ4v) is 8.98. The van der Waals surface area contributed by atoms with E-state index in [4.69, 9.17) is 4.74 Å². The van der Waals surface area contributed by atoms with Gasteiger partial charge in [0, 0.05) is 30.6 Å². The van der Waals surface area contributed by atoms with Crippen molar-refractivity contribution in [1.29, 1.82) is 0 Å². The summed E-state index contributed by atoms with van der Waals surface area (Å²) in [5, 5.41) is 33.8. The Kier molecular flexibility index (Phi) is 6.80. The number of rotatable bonds is 5. The monoisotopic (exact) mass is 556 g/mol. The first-order valence-electron chi connectivity index (χ1n) is 14.1. The first-order chi connectivity index (χ1) is 18.1. The molecule has 0 spiro atoms. The van der Waals surface area contributed by atoms with Gasteiger partial charge < -0.3 is 20.1 Å². The number of ether oxygens (including phenoxy) is 1. The van der Waals surface area contributed by atoms with Crippen LogP contribution in [0, 0.1) is 39.4 Å². The van der Waals surface area contributed by atoms with E-state index in [-0.39, 0.29) is 36.1 Å². The van der Waals surface area contributed by atoms with Gasteiger partial charge in [-0.2, -0.15) is 0 Å². The van der Waals surface area contributed by atoms with E-state index >= 15 is 0 Å². The number of esters is 1. The second kappa shape index (κ2) is 8.96. The van der Waals surface area contributed by atoms with Gasteiger partial charge in [-0.1, -0.05) is 32.4 Å². The van der Waals surface area contributed by atoms with Crippen LogP contribution >= 0.6 is 0 Å². The predicted molar refractivity (Wildman–Crippen MR) is 148 cm³/mol. The third kappa shape index (κ3) is 4.00. The molecule has 0 aromatic carbocycles. The van der Waals surface area contributed by atoms with Gasteiger partial charge in [-0.25, -0.2) is 0 Å². The molecule has 0 aliphatic heterocycles. The van der Waals surface area contributed by atoms with E-state index in [1.54, 1.807) is 27.7 Å². The Morgan fingerprint density at radius 2 is 1.68 bits per heavy atom. The molecule has 0 amide bonds. The van der Waals surface area contributed by atoms with E-state index in [1.807, 2.05) is 26.8 Å². The van der Waals surface area contributed by atoms with Crippen LogP contribution in [0.3, 0.4) is 0 Å².